The summed E-state index contributed by atoms with van der Waals surface area (Å²) in [5, 5.41) is 0. The third-order valence-corrected chi connectivity index (χ3v) is 3.91. The van der Waals surface area contributed by atoms with Crippen LogP contribution < -0.4 is 0 Å². The molecule has 2 aromatic rings. The molecule has 3 rings (SSSR count). The van der Waals surface area contributed by atoms with Crippen molar-refractivity contribution in [2.75, 3.05) is 13.1 Å². The number of nitrogens with zero attached hydrogens (tertiary/aromatic N) is 1. The Balaban J connectivity index is 1.75. The van der Waals surface area contributed by atoms with Crippen molar-refractivity contribution < 1.29 is 9.21 Å². The Morgan fingerprint density at radius 2 is 1.95 bits per heavy atom. The molecule has 1 amide bonds. The first-order valence-electron chi connectivity index (χ1n) is 7.26. The lowest BCUT2D eigenvalue weighted by molar-refractivity contribution is 0.0771. The van der Waals surface area contributed by atoms with Crippen LogP contribution in [0.15, 0.2) is 46.9 Å². The molecule has 0 fully saturated rings. The molecule has 0 unspecified atom stereocenters. The van der Waals surface area contributed by atoms with Gasteiger partial charge in [0.1, 0.15) is 11.5 Å². The third-order valence-electron chi connectivity index (χ3n) is 3.91. The summed E-state index contributed by atoms with van der Waals surface area (Å²) < 4.78 is 5.45. The predicted octanol–water partition coefficient (Wildman–Crippen LogP) is 3.83. The zero-order valence-corrected chi connectivity index (χ0v) is 12.4. The van der Waals surface area contributed by atoms with Crippen molar-refractivity contribution >= 4 is 11.5 Å². The van der Waals surface area contributed by atoms with E-state index in [1.165, 1.54) is 11.1 Å². The number of benzene rings is 1. The van der Waals surface area contributed by atoms with Crippen LogP contribution in [0.25, 0.3) is 5.57 Å². The second kappa shape index (κ2) is 5.60. The number of aryl methyl sites for hydroxylation is 2. The molecular formula is C18H19NO2. The number of rotatable bonds is 2. The molecule has 108 valence electrons. The molecule has 3 nitrogen and oxygen atoms in total. The molecule has 0 N–H and O–H groups in total. The van der Waals surface area contributed by atoms with Gasteiger partial charge < -0.3 is 9.32 Å². The van der Waals surface area contributed by atoms with E-state index in [0.717, 1.165) is 18.7 Å². The maximum Gasteiger partial charge on any atom is 0.257 e. The topological polar surface area (TPSA) is 33.5 Å². The maximum absolute atomic E-state index is 12.5. The van der Waals surface area contributed by atoms with E-state index in [1.54, 1.807) is 0 Å². The van der Waals surface area contributed by atoms with Crippen molar-refractivity contribution in [2.45, 2.75) is 20.3 Å². The fraction of sp³-hybridized carbons (Fsp3) is 0.278. The van der Waals surface area contributed by atoms with Gasteiger partial charge in [-0.15, -0.1) is 0 Å². The minimum atomic E-state index is 0.0627. The summed E-state index contributed by atoms with van der Waals surface area (Å²) >= 11 is 0. The van der Waals surface area contributed by atoms with Gasteiger partial charge in [0.25, 0.3) is 5.91 Å². The molecule has 0 saturated carbocycles. The zero-order valence-electron chi connectivity index (χ0n) is 12.4. The molecule has 1 aromatic carbocycles. The molecule has 0 saturated heterocycles. The summed E-state index contributed by atoms with van der Waals surface area (Å²) in [5.41, 5.74) is 3.25. The van der Waals surface area contributed by atoms with Gasteiger partial charge in [0.2, 0.25) is 0 Å². The number of furan rings is 1. The summed E-state index contributed by atoms with van der Waals surface area (Å²) in [5.74, 6) is 1.55. The fourth-order valence-corrected chi connectivity index (χ4v) is 2.78. The van der Waals surface area contributed by atoms with Gasteiger partial charge in [0.05, 0.1) is 5.56 Å². The molecule has 2 heterocycles. The van der Waals surface area contributed by atoms with Crippen LogP contribution in [-0.4, -0.2) is 23.9 Å². The van der Waals surface area contributed by atoms with Crippen molar-refractivity contribution in [3.63, 3.8) is 0 Å². The van der Waals surface area contributed by atoms with Crippen LogP contribution in [0.2, 0.25) is 0 Å². The van der Waals surface area contributed by atoms with E-state index < -0.39 is 0 Å². The smallest absolute Gasteiger partial charge is 0.257 e. The largest absolute Gasteiger partial charge is 0.466 e. The van der Waals surface area contributed by atoms with Crippen LogP contribution >= 0.6 is 0 Å². The molecule has 21 heavy (non-hydrogen) atoms. The Labute approximate surface area is 124 Å². The van der Waals surface area contributed by atoms with Crippen LogP contribution in [-0.2, 0) is 0 Å². The number of carbonyl (C=O) groups excluding carboxylic acids is 1. The third kappa shape index (κ3) is 2.77. The molecule has 1 aromatic heterocycles. The first kappa shape index (κ1) is 13.7. The Kier molecular flexibility index (Phi) is 3.65. The van der Waals surface area contributed by atoms with Gasteiger partial charge in [0, 0.05) is 13.1 Å². The van der Waals surface area contributed by atoms with E-state index >= 15 is 0 Å². The van der Waals surface area contributed by atoms with Gasteiger partial charge in [-0.05, 0) is 37.5 Å². The molecule has 0 radical (unpaired) electrons. The molecule has 0 bridgehead atoms. The van der Waals surface area contributed by atoms with E-state index in [2.05, 4.69) is 18.2 Å². The van der Waals surface area contributed by atoms with Crippen LogP contribution in [0.5, 0.6) is 0 Å². The van der Waals surface area contributed by atoms with Crippen molar-refractivity contribution in [1.82, 2.24) is 4.90 Å². The molecule has 1 aliphatic rings. The normalized spacial score (nSPS) is 15.0. The monoisotopic (exact) mass is 281 g/mol. The van der Waals surface area contributed by atoms with E-state index in [0.29, 0.717) is 17.9 Å². The highest BCUT2D eigenvalue weighted by molar-refractivity contribution is 5.95. The predicted molar refractivity (Wildman–Crippen MR) is 83.1 cm³/mol. The van der Waals surface area contributed by atoms with Crippen molar-refractivity contribution in [3.05, 3.63) is 65.1 Å². The first-order chi connectivity index (χ1) is 10.1. The van der Waals surface area contributed by atoms with Gasteiger partial charge in [-0.25, -0.2) is 0 Å². The van der Waals surface area contributed by atoms with Crippen molar-refractivity contribution in [2.24, 2.45) is 0 Å². The second-order valence-corrected chi connectivity index (χ2v) is 5.42. The molecule has 3 heteroatoms. The van der Waals surface area contributed by atoms with Crippen LogP contribution in [0, 0.1) is 13.8 Å². The quantitative estimate of drug-likeness (QED) is 0.838. The Hall–Kier alpha value is -2.29. The maximum atomic E-state index is 12.5. The number of carbonyl (C=O) groups is 1. The second-order valence-electron chi connectivity index (χ2n) is 5.42. The summed E-state index contributed by atoms with van der Waals surface area (Å²) in [6, 6.07) is 12.2. The van der Waals surface area contributed by atoms with Gasteiger partial charge >= 0.3 is 0 Å². The zero-order chi connectivity index (χ0) is 14.8. The number of hydrogen-bond donors (Lipinski definition) is 0. The molecule has 0 atom stereocenters. The molecule has 0 spiro atoms. The summed E-state index contributed by atoms with van der Waals surface area (Å²) in [6.45, 7) is 5.12. The van der Waals surface area contributed by atoms with Crippen LogP contribution in [0.4, 0.5) is 0 Å². The minimum absolute atomic E-state index is 0.0627. The van der Waals surface area contributed by atoms with E-state index in [-0.39, 0.29) is 5.91 Å². The lowest BCUT2D eigenvalue weighted by Crippen LogP contribution is -2.34. The Morgan fingerprint density at radius 1 is 1.19 bits per heavy atom. The van der Waals surface area contributed by atoms with Crippen LogP contribution in [0.1, 0.15) is 33.9 Å². The van der Waals surface area contributed by atoms with Gasteiger partial charge in [-0.2, -0.15) is 0 Å². The highest BCUT2D eigenvalue weighted by Crippen LogP contribution is 2.24. The first-order valence-corrected chi connectivity index (χ1v) is 7.26. The summed E-state index contributed by atoms with van der Waals surface area (Å²) in [6.07, 6.45) is 3.05. The average molecular weight is 281 g/mol. The lowest BCUT2D eigenvalue weighted by atomic mass is 9.99. The van der Waals surface area contributed by atoms with Crippen molar-refractivity contribution in [1.29, 1.82) is 0 Å². The van der Waals surface area contributed by atoms with E-state index in [9.17, 15) is 4.79 Å². The highest BCUT2D eigenvalue weighted by Gasteiger charge is 2.22. The standard InChI is InChI=1S/C18H19NO2/c1-13-12-17(14(2)21-13)18(20)19-10-8-16(9-11-19)15-6-4-3-5-7-15/h3-8,12H,9-11H2,1-2H3. The van der Waals surface area contributed by atoms with E-state index in [1.807, 2.05) is 43.0 Å². The molecule has 0 aliphatic carbocycles. The van der Waals surface area contributed by atoms with Gasteiger partial charge in [0.15, 0.2) is 0 Å². The van der Waals surface area contributed by atoms with Crippen LogP contribution in [0.3, 0.4) is 0 Å². The summed E-state index contributed by atoms with van der Waals surface area (Å²) in [4.78, 5) is 14.4. The molecular weight excluding hydrogens is 262 g/mol. The highest BCUT2D eigenvalue weighted by atomic mass is 16.3. The summed E-state index contributed by atoms with van der Waals surface area (Å²) in [7, 11) is 0. The molecule has 1 aliphatic heterocycles. The SMILES string of the molecule is Cc1cc(C(=O)N2CC=C(c3ccccc3)CC2)c(C)o1. The minimum Gasteiger partial charge on any atom is -0.466 e. The van der Waals surface area contributed by atoms with Gasteiger partial charge in [-0.1, -0.05) is 36.4 Å². The van der Waals surface area contributed by atoms with Gasteiger partial charge in [-0.3, -0.25) is 4.79 Å². The fourth-order valence-electron chi connectivity index (χ4n) is 2.78. The number of hydrogen-bond acceptors (Lipinski definition) is 2. The average Bonchev–Trinajstić information content (AvgIpc) is 2.86. The Morgan fingerprint density at radius 3 is 2.52 bits per heavy atom. The number of amides is 1. The lowest BCUT2D eigenvalue weighted by Gasteiger charge is -2.26. The van der Waals surface area contributed by atoms with E-state index in [4.69, 9.17) is 4.42 Å². The van der Waals surface area contributed by atoms with Crippen molar-refractivity contribution in [3.8, 4) is 0 Å². The Bertz CT molecular complexity index is 682.